The average Bonchev–Trinajstić information content (AvgIpc) is 3.05. The number of phenols is 1. The van der Waals surface area contributed by atoms with Gasteiger partial charge in [0.15, 0.2) is 11.5 Å². The molecule has 6 nitrogen and oxygen atoms in total. The molecule has 1 aliphatic heterocycles. The van der Waals surface area contributed by atoms with Crippen LogP contribution in [0.4, 0.5) is 5.69 Å². The highest BCUT2D eigenvalue weighted by molar-refractivity contribution is 9.10. The number of hydrogen-bond donors (Lipinski definition) is 2. The van der Waals surface area contributed by atoms with E-state index in [4.69, 9.17) is 4.74 Å². The van der Waals surface area contributed by atoms with E-state index in [-0.39, 0.29) is 22.8 Å². The number of anilines is 1. The maximum atomic E-state index is 13.1. The standard InChI is InChI=1S/C24H18BrNO5/c1-31-19-12-15(10-11-18(19)27)21-20(22(28)14-6-3-2-4-7-14)23(29)24(30)26(21)17-9-5-8-16(25)13-17/h2-13,21,27-28H,1H3/t21-/m0/s1. The lowest BCUT2D eigenvalue weighted by molar-refractivity contribution is -0.132. The number of ether oxygens (including phenoxy) is 1. The van der Waals surface area contributed by atoms with Crippen molar-refractivity contribution in [2.75, 3.05) is 12.0 Å². The third-order valence-corrected chi connectivity index (χ3v) is 5.59. The van der Waals surface area contributed by atoms with Crippen LogP contribution in [0.2, 0.25) is 0 Å². The molecule has 1 aliphatic rings. The molecule has 0 aliphatic carbocycles. The van der Waals surface area contributed by atoms with Gasteiger partial charge in [-0.05, 0) is 35.9 Å². The summed E-state index contributed by atoms with van der Waals surface area (Å²) in [6, 6.07) is 19.2. The minimum Gasteiger partial charge on any atom is -0.507 e. The second-order valence-corrected chi connectivity index (χ2v) is 7.86. The van der Waals surface area contributed by atoms with E-state index in [1.54, 1.807) is 60.7 Å². The Kier molecular flexibility index (Phi) is 5.52. The fourth-order valence-corrected chi connectivity index (χ4v) is 4.04. The number of carbonyl (C=O) groups is 2. The number of rotatable bonds is 4. The number of methoxy groups -OCH3 is 1. The van der Waals surface area contributed by atoms with E-state index in [0.717, 1.165) is 4.47 Å². The first-order valence-corrected chi connectivity index (χ1v) is 10.2. The van der Waals surface area contributed by atoms with Gasteiger partial charge in [-0.3, -0.25) is 14.5 Å². The first kappa shape index (κ1) is 20.7. The van der Waals surface area contributed by atoms with Crippen molar-refractivity contribution < 1.29 is 24.5 Å². The van der Waals surface area contributed by atoms with Gasteiger partial charge in [0.05, 0.1) is 18.7 Å². The fourth-order valence-electron chi connectivity index (χ4n) is 3.66. The molecule has 7 heteroatoms. The number of hydrogen-bond acceptors (Lipinski definition) is 5. The summed E-state index contributed by atoms with van der Waals surface area (Å²) in [6.07, 6.45) is 0. The number of aliphatic hydroxyl groups is 1. The Morgan fingerprint density at radius 3 is 2.42 bits per heavy atom. The average molecular weight is 480 g/mol. The Balaban J connectivity index is 1.98. The molecule has 1 atom stereocenters. The number of phenolic OH excluding ortho intramolecular Hbond substituents is 1. The van der Waals surface area contributed by atoms with Gasteiger partial charge in [-0.15, -0.1) is 0 Å². The van der Waals surface area contributed by atoms with Crippen LogP contribution in [0.5, 0.6) is 11.5 Å². The highest BCUT2D eigenvalue weighted by Gasteiger charge is 2.47. The molecule has 3 aromatic carbocycles. The molecule has 1 heterocycles. The Morgan fingerprint density at radius 1 is 1.00 bits per heavy atom. The highest BCUT2D eigenvalue weighted by atomic mass is 79.9. The van der Waals surface area contributed by atoms with Gasteiger partial charge in [0.25, 0.3) is 11.7 Å². The van der Waals surface area contributed by atoms with E-state index in [2.05, 4.69) is 15.9 Å². The van der Waals surface area contributed by atoms with Gasteiger partial charge in [0.2, 0.25) is 0 Å². The third-order valence-electron chi connectivity index (χ3n) is 5.10. The Morgan fingerprint density at radius 2 is 1.74 bits per heavy atom. The van der Waals surface area contributed by atoms with Crippen LogP contribution in [0.15, 0.2) is 82.8 Å². The molecule has 31 heavy (non-hydrogen) atoms. The molecule has 0 aromatic heterocycles. The zero-order valence-corrected chi connectivity index (χ0v) is 18.0. The third kappa shape index (κ3) is 3.68. The van der Waals surface area contributed by atoms with E-state index in [9.17, 15) is 19.8 Å². The van der Waals surface area contributed by atoms with Gasteiger partial charge in [0, 0.05) is 15.7 Å². The van der Waals surface area contributed by atoms with Gasteiger partial charge in [0.1, 0.15) is 5.76 Å². The van der Waals surface area contributed by atoms with E-state index in [1.165, 1.54) is 18.1 Å². The van der Waals surface area contributed by atoms with Crippen LogP contribution in [0.3, 0.4) is 0 Å². The molecule has 156 valence electrons. The summed E-state index contributed by atoms with van der Waals surface area (Å²) in [5, 5.41) is 21.0. The molecule has 4 rings (SSSR count). The summed E-state index contributed by atoms with van der Waals surface area (Å²) in [4.78, 5) is 27.5. The van der Waals surface area contributed by atoms with Crippen LogP contribution >= 0.6 is 15.9 Å². The van der Waals surface area contributed by atoms with E-state index in [1.807, 2.05) is 6.07 Å². The predicted octanol–water partition coefficient (Wildman–Crippen LogP) is 4.79. The number of amides is 1. The quantitative estimate of drug-likeness (QED) is 0.319. The minimum absolute atomic E-state index is 0.0380. The van der Waals surface area contributed by atoms with Crippen molar-refractivity contribution >= 4 is 39.1 Å². The molecule has 0 bridgehead atoms. The number of benzene rings is 3. The SMILES string of the molecule is COc1cc([C@H]2C(=C(O)c3ccccc3)C(=O)C(=O)N2c2cccc(Br)c2)ccc1O. The van der Waals surface area contributed by atoms with Crippen LogP contribution < -0.4 is 9.64 Å². The van der Waals surface area contributed by atoms with Crippen molar-refractivity contribution in [1.82, 2.24) is 0 Å². The number of halogens is 1. The Bertz CT molecular complexity index is 1210. The van der Waals surface area contributed by atoms with Crippen LogP contribution in [0, 0.1) is 0 Å². The summed E-state index contributed by atoms with van der Waals surface area (Å²) in [6.45, 7) is 0. The van der Waals surface area contributed by atoms with E-state index in [0.29, 0.717) is 16.8 Å². The summed E-state index contributed by atoms with van der Waals surface area (Å²) in [5.74, 6) is -1.70. The minimum atomic E-state index is -0.913. The number of Topliss-reactive ketones (excluding diaryl/α,β-unsaturated/α-hetero) is 1. The molecule has 1 saturated heterocycles. The molecule has 0 radical (unpaired) electrons. The van der Waals surface area contributed by atoms with Gasteiger partial charge >= 0.3 is 0 Å². The number of aromatic hydroxyl groups is 1. The summed E-state index contributed by atoms with van der Waals surface area (Å²) in [5.41, 5.74) is 1.38. The molecule has 0 saturated carbocycles. The molecule has 0 unspecified atom stereocenters. The van der Waals surface area contributed by atoms with Gasteiger partial charge in [-0.1, -0.05) is 58.4 Å². The number of carbonyl (C=O) groups excluding carboxylic acids is 2. The van der Waals surface area contributed by atoms with E-state index < -0.39 is 17.7 Å². The first-order valence-electron chi connectivity index (χ1n) is 9.41. The van der Waals surface area contributed by atoms with Crippen molar-refractivity contribution in [1.29, 1.82) is 0 Å². The smallest absolute Gasteiger partial charge is 0.300 e. The lowest BCUT2D eigenvalue weighted by Gasteiger charge is -2.26. The maximum Gasteiger partial charge on any atom is 0.300 e. The Hall–Kier alpha value is -3.58. The second-order valence-electron chi connectivity index (χ2n) is 6.95. The molecule has 0 spiro atoms. The molecule has 1 fully saturated rings. The van der Waals surface area contributed by atoms with Crippen molar-refractivity contribution in [2.24, 2.45) is 0 Å². The largest absolute Gasteiger partial charge is 0.507 e. The maximum absolute atomic E-state index is 13.1. The zero-order valence-electron chi connectivity index (χ0n) is 16.4. The van der Waals surface area contributed by atoms with E-state index >= 15 is 0 Å². The lowest BCUT2D eigenvalue weighted by Crippen LogP contribution is -2.29. The molecule has 2 N–H and O–H groups in total. The van der Waals surface area contributed by atoms with Crippen molar-refractivity contribution in [2.45, 2.75) is 6.04 Å². The monoisotopic (exact) mass is 479 g/mol. The molecular weight excluding hydrogens is 462 g/mol. The van der Waals surface area contributed by atoms with Crippen molar-refractivity contribution in [3.05, 3.63) is 94.0 Å². The molecule has 3 aromatic rings. The van der Waals surface area contributed by atoms with Crippen molar-refractivity contribution in [3.63, 3.8) is 0 Å². The number of ketones is 1. The number of aliphatic hydroxyl groups excluding tert-OH is 1. The first-order chi connectivity index (χ1) is 14.9. The zero-order chi connectivity index (χ0) is 22.1. The molecule has 1 amide bonds. The summed E-state index contributed by atoms with van der Waals surface area (Å²) < 4.78 is 5.95. The van der Waals surface area contributed by atoms with Gasteiger partial charge < -0.3 is 14.9 Å². The summed E-state index contributed by atoms with van der Waals surface area (Å²) in [7, 11) is 1.41. The topological polar surface area (TPSA) is 87.1 Å². The van der Waals surface area contributed by atoms with Crippen molar-refractivity contribution in [3.8, 4) is 11.5 Å². The van der Waals surface area contributed by atoms with Gasteiger partial charge in [-0.2, -0.15) is 0 Å². The second kappa shape index (κ2) is 8.28. The summed E-state index contributed by atoms with van der Waals surface area (Å²) >= 11 is 3.40. The highest BCUT2D eigenvalue weighted by Crippen LogP contribution is 2.44. The van der Waals surface area contributed by atoms with Crippen LogP contribution in [-0.2, 0) is 9.59 Å². The van der Waals surface area contributed by atoms with Gasteiger partial charge in [-0.25, -0.2) is 0 Å². The van der Waals surface area contributed by atoms with Crippen LogP contribution in [0.1, 0.15) is 17.2 Å². The van der Waals surface area contributed by atoms with Crippen LogP contribution in [0.25, 0.3) is 5.76 Å². The van der Waals surface area contributed by atoms with Crippen LogP contribution in [-0.4, -0.2) is 29.0 Å². The molecular formula is C24H18BrNO5. The normalized spacial score (nSPS) is 17.7. The fraction of sp³-hybridized carbons (Fsp3) is 0.0833. The number of nitrogens with zero attached hydrogens (tertiary/aromatic N) is 1. The predicted molar refractivity (Wildman–Crippen MR) is 120 cm³/mol. The Labute approximate surface area is 187 Å². The lowest BCUT2D eigenvalue weighted by atomic mass is 9.95.